The Bertz CT molecular complexity index is 854. The van der Waals surface area contributed by atoms with Gasteiger partial charge in [-0.2, -0.15) is 0 Å². The number of rotatable bonds is 8. The number of benzene rings is 1. The summed E-state index contributed by atoms with van der Waals surface area (Å²) < 4.78 is 5.31. The van der Waals surface area contributed by atoms with Gasteiger partial charge in [0.05, 0.1) is 12.9 Å². The Morgan fingerprint density at radius 1 is 1.23 bits per heavy atom. The molecule has 3 aromatic rings. The Morgan fingerprint density at radius 3 is 2.85 bits per heavy atom. The molecule has 0 bridgehead atoms. The quantitative estimate of drug-likeness (QED) is 0.592. The number of para-hydroxylation sites is 1. The van der Waals surface area contributed by atoms with Crippen molar-refractivity contribution in [2.45, 2.75) is 11.6 Å². The second kappa shape index (κ2) is 9.00. The topological polar surface area (TPSA) is 92.8 Å². The summed E-state index contributed by atoms with van der Waals surface area (Å²) in [4.78, 5) is 20.3. The summed E-state index contributed by atoms with van der Waals surface area (Å²) in [6.07, 6.45) is 4.10. The smallest absolute Gasteiger partial charge is 0.230 e. The molecule has 134 valence electrons. The lowest BCUT2D eigenvalue weighted by Crippen LogP contribution is -2.27. The van der Waals surface area contributed by atoms with Crippen LogP contribution in [0.15, 0.2) is 53.9 Å². The molecule has 0 saturated carbocycles. The Kier molecular flexibility index (Phi) is 6.21. The number of thioether (sulfide) groups is 1. The van der Waals surface area contributed by atoms with Crippen LogP contribution in [0.5, 0.6) is 5.75 Å². The predicted molar refractivity (Wildman–Crippen MR) is 100 cm³/mol. The van der Waals surface area contributed by atoms with Crippen molar-refractivity contribution in [1.29, 1.82) is 0 Å². The van der Waals surface area contributed by atoms with E-state index in [1.807, 2.05) is 36.4 Å². The molecule has 0 fully saturated rings. The van der Waals surface area contributed by atoms with E-state index < -0.39 is 0 Å². The van der Waals surface area contributed by atoms with Crippen molar-refractivity contribution in [2.75, 3.05) is 19.4 Å². The number of H-pyrrole nitrogens is 1. The molecule has 1 aromatic carbocycles. The first-order valence-electron chi connectivity index (χ1n) is 8.10. The van der Waals surface area contributed by atoms with Crippen molar-refractivity contribution in [2.24, 2.45) is 0 Å². The molecule has 8 heteroatoms. The predicted octanol–water partition coefficient (Wildman–Crippen LogP) is 2.33. The minimum atomic E-state index is -0.0554. The molecule has 1 amide bonds. The number of aromatic amines is 1. The molecule has 7 nitrogen and oxygen atoms in total. The summed E-state index contributed by atoms with van der Waals surface area (Å²) in [5.74, 6) is 1.70. The Balaban J connectivity index is 1.44. The van der Waals surface area contributed by atoms with Gasteiger partial charge in [-0.15, -0.1) is 5.10 Å². The summed E-state index contributed by atoms with van der Waals surface area (Å²) in [5, 5.41) is 10.4. The summed E-state index contributed by atoms with van der Waals surface area (Å²) in [7, 11) is 1.64. The first-order valence-corrected chi connectivity index (χ1v) is 9.09. The van der Waals surface area contributed by atoms with Gasteiger partial charge in [0.2, 0.25) is 11.1 Å². The lowest BCUT2D eigenvalue weighted by atomic mass is 10.1. The number of nitrogens with one attached hydrogen (secondary N) is 2. The highest BCUT2D eigenvalue weighted by molar-refractivity contribution is 7.99. The maximum atomic E-state index is 12.0. The van der Waals surface area contributed by atoms with Crippen LogP contribution in [-0.4, -0.2) is 45.5 Å². The fourth-order valence-electron chi connectivity index (χ4n) is 2.38. The second-order valence-corrected chi connectivity index (χ2v) is 6.35. The molecule has 0 spiro atoms. The van der Waals surface area contributed by atoms with Gasteiger partial charge < -0.3 is 10.1 Å². The number of pyridine rings is 1. The third kappa shape index (κ3) is 4.82. The average Bonchev–Trinajstić information content (AvgIpc) is 3.16. The van der Waals surface area contributed by atoms with Gasteiger partial charge in [0.1, 0.15) is 5.75 Å². The molecule has 0 radical (unpaired) electrons. The largest absolute Gasteiger partial charge is 0.496 e. The van der Waals surface area contributed by atoms with Crippen molar-refractivity contribution in [3.05, 3.63) is 54.4 Å². The molecule has 2 aromatic heterocycles. The fraction of sp³-hybridized carbons (Fsp3) is 0.222. The van der Waals surface area contributed by atoms with Crippen molar-refractivity contribution < 1.29 is 9.53 Å². The number of ether oxygens (including phenoxy) is 1. The Morgan fingerprint density at radius 2 is 2.04 bits per heavy atom. The monoisotopic (exact) mass is 369 g/mol. The van der Waals surface area contributed by atoms with Crippen LogP contribution in [0.25, 0.3) is 11.4 Å². The van der Waals surface area contributed by atoms with Crippen LogP contribution in [0, 0.1) is 0 Å². The highest BCUT2D eigenvalue weighted by Crippen LogP contribution is 2.19. The van der Waals surface area contributed by atoms with Crippen LogP contribution < -0.4 is 10.1 Å². The van der Waals surface area contributed by atoms with Crippen molar-refractivity contribution in [1.82, 2.24) is 25.5 Å². The molecular formula is C18H19N5O2S. The molecule has 0 aliphatic heterocycles. The van der Waals surface area contributed by atoms with Crippen LogP contribution in [0.1, 0.15) is 5.56 Å². The molecule has 2 N–H and O–H groups in total. The molecule has 0 unspecified atom stereocenters. The number of amides is 1. The summed E-state index contributed by atoms with van der Waals surface area (Å²) in [6.45, 7) is 0.552. The number of nitrogens with zero attached hydrogens (tertiary/aromatic N) is 3. The van der Waals surface area contributed by atoms with Gasteiger partial charge in [-0.1, -0.05) is 30.0 Å². The van der Waals surface area contributed by atoms with Crippen molar-refractivity contribution in [3.63, 3.8) is 0 Å². The number of carbonyl (C=O) groups is 1. The van der Waals surface area contributed by atoms with Gasteiger partial charge in [-0.3, -0.25) is 14.9 Å². The highest BCUT2D eigenvalue weighted by atomic mass is 32.2. The first-order chi connectivity index (χ1) is 12.8. The minimum Gasteiger partial charge on any atom is -0.496 e. The van der Waals surface area contributed by atoms with E-state index in [0.29, 0.717) is 23.9 Å². The molecule has 26 heavy (non-hydrogen) atoms. The summed E-state index contributed by atoms with van der Waals surface area (Å²) in [5.41, 5.74) is 1.97. The summed E-state index contributed by atoms with van der Waals surface area (Å²) >= 11 is 1.29. The lowest BCUT2D eigenvalue weighted by molar-refractivity contribution is -0.118. The third-order valence-corrected chi connectivity index (χ3v) is 4.51. The SMILES string of the molecule is COc1ccccc1CCNC(=O)CSc1n[nH]c(-c2ccncc2)n1. The van der Waals surface area contributed by atoms with E-state index in [9.17, 15) is 4.79 Å². The zero-order valence-corrected chi connectivity index (χ0v) is 15.1. The van der Waals surface area contributed by atoms with E-state index in [1.165, 1.54) is 11.8 Å². The van der Waals surface area contributed by atoms with Crippen molar-refractivity contribution in [3.8, 4) is 17.1 Å². The minimum absolute atomic E-state index is 0.0554. The zero-order valence-electron chi connectivity index (χ0n) is 14.3. The number of hydrogen-bond donors (Lipinski definition) is 2. The molecule has 2 heterocycles. The number of carbonyl (C=O) groups excluding carboxylic acids is 1. The molecule has 0 atom stereocenters. The highest BCUT2D eigenvalue weighted by Gasteiger charge is 2.09. The fourth-order valence-corrected chi connectivity index (χ4v) is 3.01. The molecule has 3 rings (SSSR count). The number of methoxy groups -OCH3 is 1. The van der Waals surface area contributed by atoms with E-state index in [1.54, 1.807) is 19.5 Å². The molecule has 0 aliphatic carbocycles. The van der Waals surface area contributed by atoms with Crippen molar-refractivity contribution >= 4 is 17.7 Å². The number of aromatic nitrogens is 4. The van der Waals surface area contributed by atoms with E-state index >= 15 is 0 Å². The summed E-state index contributed by atoms with van der Waals surface area (Å²) in [6, 6.07) is 11.5. The Labute approximate surface area is 155 Å². The van der Waals surface area contributed by atoms with Crippen LogP contribution >= 0.6 is 11.8 Å². The van der Waals surface area contributed by atoms with Crippen LogP contribution in [-0.2, 0) is 11.2 Å². The number of hydrogen-bond acceptors (Lipinski definition) is 6. The maximum absolute atomic E-state index is 12.0. The van der Waals surface area contributed by atoms with Crippen LogP contribution in [0.3, 0.4) is 0 Å². The average molecular weight is 369 g/mol. The van der Waals surface area contributed by atoms with E-state index in [4.69, 9.17) is 4.74 Å². The van der Waals surface area contributed by atoms with Gasteiger partial charge >= 0.3 is 0 Å². The standard InChI is InChI=1S/C18H19N5O2S/c1-25-15-5-3-2-4-13(15)8-11-20-16(24)12-26-18-21-17(22-23-18)14-6-9-19-10-7-14/h2-7,9-10H,8,11-12H2,1H3,(H,20,24)(H,21,22,23). The molecule has 0 aliphatic rings. The Hall–Kier alpha value is -2.87. The van der Waals surface area contributed by atoms with Crippen LogP contribution in [0.4, 0.5) is 0 Å². The van der Waals surface area contributed by atoms with Crippen LogP contribution in [0.2, 0.25) is 0 Å². The van der Waals surface area contributed by atoms with E-state index in [-0.39, 0.29) is 11.7 Å². The maximum Gasteiger partial charge on any atom is 0.230 e. The molecule has 0 saturated heterocycles. The third-order valence-electron chi connectivity index (χ3n) is 3.66. The normalized spacial score (nSPS) is 10.5. The van der Waals surface area contributed by atoms with Gasteiger partial charge in [0.25, 0.3) is 0 Å². The molecular weight excluding hydrogens is 350 g/mol. The first kappa shape index (κ1) is 17.9. The zero-order chi connectivity index (χ0) is 18.2. The van der Waals surface area contributed by atoms with Gasteiger partial charge in [-0.25, -0.2) is 4.98 Å². The van der Waals surface area contributed by atoms with Gasteiger partial charge in [-0.05, 0) is 30.2 Å². The second-order valence-electron chi connectivity index (χ2n) is 5.40. The van der Waals surface area contributed by atoms with Gasteiger partial charge in [0, 0.05) is 24.5 Å². The van der Waals surface area contributed by atoms with Gasteiger partial charge in [0.15, 0.2) is 5.82 Å². The lowest BCUT2D eigenvalue weighted by Gasteiger charge is -2.08. The van der Waals surface area contributed by atoms with E-state index in [2.05, 4.69) is 25.5 Å². The van der Waals surface area contributed by atoms with E-state index in [0.717, 1.165) is 16.9 Å².